The van der Waals surface area contributed by atoms with Crippen LogP contribution in [0.25, 0.3) is 10.9 Å². The summed E-state index contributed by atoms with van der Waals surface area (Å²) in [4.78, 5) is 6.96. The minimum Gasteiger partial charge on any atom is -0.369 e. The number of pyridine rings is 1. The fourth-order valence-corrected chi connectivity index (χ4v) is 2.65. The zero-order chi connectivity index (χ0) is 14.7. The summed E-state index contributed by atoms with van der Waals surface area (Å²) in [5.41, 5.74) is 3.77. The van der Waals surface area contributed by atoms with Crippen molar-refractivity contribution in [3.05, 3.63) is 36.0 Å². The van der Waals surface area contributed by atoms with Crippen LogP contribution in [0.3, 0.4) is 0 Å². The molecule has 1 aromatic heterocycles. The Morgan fingerprint density at radius 3 is 2.50 bits per heavy atom. The minimum absolute atomic E-state index is 0.515. The molecule has 0 radical (unpaired) electrons. The van der Waals surface area contributed by atoms with Crippen molar-refractivity contribution in [2.24, 2.45) is 5.92 Å². The van der Waals surface area contributed by atoms with Crippen LogP contribution in [0, 0.1) is 12.8 Å². The van der Waals surface area contributed by atoms with E-state index in [0.717, 1.165) is 18.0 Å². The fourth-order valence-electron chi connectivity index (χ4n) is 2.65. The molecule has 2 heteroatoms. The van der Waals surface area contributed by atoms with Crippen LogP contribution in [0.5, 0.6) is 0 Å². The Labute approximate surface area is 122 Å². The van der Waals surface area contributed by atoms with Crippen LogP contribution in [0.15, 0.2) is 30.5 Å². The molecule has 0 aliphatic heterocycles. The highest BCUT2D eigenvalue weighted by atomic mass is 15.2. The number of nitrogens with zero attached hydrogens (tertiary/aromatic N) is 2. The van der Waals surface area contributed by atoms with Crippen molar-refractivity contribution >= 4 is 16.6 Å². The second kappa shape index (κ2) is 6.25. The van der Waals surface area contributed by atoms with Crippen LogP contribution < -0.4 is 4.90 Å². The largest absolute Gasteiger partial charge is 0.369 e. The van der Waals surface area contributed by atoms with Gasteiger partial charge in [-0.2, -0.15) is 0 Å². The van der Waals surface area contributed by atoms with Gasteiger partial charge in [0.2, 0.25) is 0 Å². The standard InChI is InChI=1S/C18H26N2/c1-13(2)10-12-20(14(3)4)18-9-8-17-16(15(18)5)7-6-11-19-17/h6-9,11,13-14H,10,12H2,1-5H3. The molecule has 0 atom stereocenters. The van der Waals surface area contributed by atoms with Gasteiger partial charge in [-0.1, -0.05) is 19.9 Å². The summed E-state index contributed by atoms with van der Waals surface area (Å²) >= 11 is 0. The molecule has 20 heavy (non-hydrogen) atoms. The van der Waals surface area contributed by atoms with Gasteiger partial charge in [-0.15, -0.1) is 0 Å². The van der Waals surface area contributed by atoms with Crippen LogP contribution in [-0.4, -0.2) is 17.6 Å². The molecule has 2 aromatic rings. The van der Waals surface area contributed by atoms with E-state index >= 15 is 0 Å². The minimum atomic E-state index is 0.515. The van der Waals surface area contributed by atoms with E-state index in [1.807, 2.05) is 12.3 Å². The fraction of sp³-hybridized carbons (Fsp3) is 0.500. The van der Waals surface area contributed by atoms with Gasteiger partial charge in [-0.3, -0.25) is 4.98 Å². The number of hydrogen-bond acceptors (Lipinski definition) is 2. The van der Waals surface area contributed by atoms with Crippen molar-refractivity contribution in [2.45, 2.75) is 47.1 Å². The molecule has 0 saturated heterocycles. The smallest absolute Gasteiger partial charge is 0.0706 e. The number of fused-ring (bicyclic) bond motifs is 1. The van der Waals surface area contributed by atoms with Gasteiger partial charge >= 0.3 is 0 Å². The topological polar surface area (TPSA) is 16.1 Å². The SMILES string of the molecule is Cc1c(N(CCC(C)C)C(C)C)ccc2ncccc12. The third-order valence-corrected chi connectivity index (χ3v) is 3.91. The average Bonchev–Trinajstić information content (AvgIpc) is 2.41. The van der Waals surface area contributed by atoms with Crippen LogP contribution >= 0.6 is 0 Å². The van der Waals surface area contributed by atoms with E-state index in [1.165, 1.54) is 23.1 Å². The molecule has 1 heterocycles. The van der Waals surface area contributed by atoms with Crippen molar-refractivity contribution in [1.29, 1.82) is 0 Å². The van der Waals surface area contributed by atoms with E-state index in [9.17, 15) is 0 Å². The van der Waals surface area contributed by atoms with Gasteiger partial charge < -0.3 is 4.90 Å². The summed E-state index contributed by atoms with van der Waals surface area (Å²) < 4.78 is 0. The highest BCUT2D eigenvalue weighted by Gasteiger charge is 2.15. The van der Waals surface area contributed by atoms with E-state index in [0.29, 0.717) is 6.04 Å². The second-order valence-corrected chi connectivity index (χ2v) is 6.25. The van der Waals surface area contributed by atoms with Crippen LogP contribution in [0.4, 0.5) is 5.69 Å². The molecule has 0 aliphatic rings. The Morgan fingerprint density at radius 2 is 1.85 bits per heavy atom. The quantitative estimate of drug-likeness (QED) is 0.775. The second-order valence-electron chi connectivity index (χ2n) is 6.25. The predicted octanol–water partition coefficient (Wildman–Crippen LogP) is 4.80. The van der Waals surface area contributed by atoms with E-state index < -0.39 is 0 Å². The van der Waals surface area contributed by atoms with Crippen LogP contribution in [0.2, 0.25) is 0 Å². The monoisotopic (exact) mass is 270 g/mol. The molecule has 0 spiro atoms. The van der Waals surface area contributed by atoms with Gasteiger partial charge in [0, 0.05) is 29.9 Å². The lowest BCUT2D eigenvalue weighted by molar-refractivity contribution is 0.551. The van der Waals surface area contributed by atoms with Gasteiger partial charge in [0.15, 0.2) is 0 Å². The first-order chi connectivity index (χ1) is 9.50. The maximum absolute atomic E-state index is 4.44. The summed E-state index contributed by atoms with van der Waals surface area (Å²) in [6, 6.07) is 9.07. The lowest BCUT2D eigenvalue weighted by Crippen LogP contribution is -2.33. The number of rotatable bonds is 5. The number of aryl methyl sites for hydroxylation is 1. The summed E-state index contributed by atoms with van der Waals surface area (Å²) in [5, 5.41) is 1.26. The number of hydrogen-bond donors (Lipinski definition) is 0. The Morgan fingerprint density at radius 1 is 1.10 bits per heavy atom. The van der Waals surface area contributed by atoms with Gasteiger partial charge in [0.25, 0.3) is 0 Å². The van der Waals surface area contributed by atoms with Crippen molar-refractivity contribution < 1.29 is 0 Å². The molecule has 2 rings (SSSR count). The number of benzene rings is 1. The zero-order valence-electron chi connectivity index (χ0n) is 13.4. The molecule has 0 amide bonds. The third kappa shape index (κ3) is 3.12. The van der Waals surface area contributed by atoms with Crippen molar-refractivity contribution in [3.63, 3.8) is 0 Å². The first-order valence-corrected chi connectivity index (χ1v) is 7.61. The summed E-state index contributed by atoms with van der Waals surface area (Å²) in [7, 11) is 0. The van der Waals surface area contributed by atoms with Crippen molar-refractivity contribution in [3.8, 4) is 0 Å². The Balaban J connectivity index is 2.40. The predicted molar refractivity (Wildman–Crippen MR) is 88.4 cm³/mol. The normalized spacial score (nSPS) is 11.6. The molecule has 0 aliphatic carbocycles. The molecule has 0 unspecified atom stereocenters. The Hall–Kier alpha value is -1.57. The van der Waals surface area contributed by atoms with E-state index in [4.69, 9.17) is 0 Å². The highest BCUT2D eigenvalue weighted by molar-refractivity contribution is 5.87. The Kier molecular flexibility index (Phi) is 4.64. The zero-order valence-corrected chi connectivity index (χ0v) is 13.4. The van der Waals surface area contributed by atoms with E-state index in [-0.39, 0.29) is 0 Å². The molecule has 0 fully saturated rings. The first kappa shape index (κ1) is 14.8. The van der Waals surface area contributed by atoms with E-state index in [2.05, 4.69) is 62.7 Å². The van der Waals surface area contributed by atoms with Gasteiger partial charge in [0.05, 0.1) is 5.52 Å². The molecule has 108 valence electrons. The Bertz CT molecular complexity index is 573. The van der Waals surface area contributed by atoms with Crippen molar-refractivity contribution in [1.82, 2.24) is 4.98 Å². The molecule has 1 aromatic carbocycles. The molecule has 0 N–H and O–H groups in total. The lowest BCUT2D eigenvalue weighted by atomic mass is 10.0. The highest BCUT2D eigenvalue weighted by Crippen LogP contribution is 2.29. The maximum Gasteiger partial charge on any atom is 0.0706 e. The molecule has 0 saturated carbocycles. The third-order valence-electron chi connectivity index (χ3n) is 3.91. The summed E-state index contributed by atoms with van der Waals surface area (Å²) in [6.45, 7) is 12.4. The molecule has 2 nitrogen and oxygen atoms in total. The summed E-state index contributed by atoms with van der Waals surface area (Å²) in [6.07, 6.45) is 3.09. The first-order valence-electron chi connectivity index (χ1n) is 7.61. The lowest BCUT2D eigenvalue weighted by Gasteiger charge is -2.31. The van der Waals surface area contributed by atoms with Crippen LogP contribution in [-0.2, 0) is 0 Å². The number of aromatic nitrogens is 1. The van der Waals surface area contributed by atoms with Crippen LogP contribution in [0.1, 0.15) is 39.7 Å². The van der Waals surface area contributed by atoms with Gasteiger partial charge in [0.1, 0.15) is 0 Å². The summed E-state index contributed by atoms with van der Waals surface area (Å²) in [5.74, 6) is 0.735. The molecular formula is C18H26N2. The molecular weight excluding hydrogens is 244 g/mol. The van der Waals surface area contributed by atoms with E-state index in [1.54, 1.807) is 0 Å². The number of anilines is 1. The average molecular weight is 270 g/mol. The van der Waals surface area contributed by atoms with Crippen molar-refractivity contribution in [2.75, 3.05) is 11.4 Å². The molecule has 0 bridgehead atoms. The van der Waals surface area contributed by atoms with Gasteiger partial charge in [-0.25, -0.2) is 0 Å². The van der Waals surface area contributed by atoms with Gasteiger partial charge in [-0.05, 0) is 56.9 Å². The maximum atomic E-state index is 4.44.